The molecule has 0 radical (unpaired) electrons. The first-order valence-electron chi connectivity index (χ1n) is 7.13. The van der Waals surface area contributed by atoms with Gasteiger partial charge >= 0.3 is 5.97 Å². The van der Waals surface area contributed by atoms with Crippen LogP contribution < -0.4 is 0 Å². The van der Waals surface area contributed by atoms with Crippen LogP contribution in [0.3, 0.4) is 0 Å². The lowest BCUT2D eigenvalue weighted by atomic mass is 10.1. The second-order valence-corrected chi connectivity index (χ2v) is 5.35. The number of ketones is 1. The van der Waals surface area contributed by atoms with Gasteiger partial charge in [-0.3, -0.25) is 9.59 Å². The molecule has 1 heterocycles. The molecule has 0 fully saturated rings. The number of esters is 1. The largest absolute Gasteiger partial charge is 0.466 e. The molecule has 0 amide bonds. The Bertz CT molecular complexity index is 674. The van der Waals surface area contributed by atoms with Crippen LogP contribution in [0.2, 0.25) is 5.02 Å². The van der Waals surface area contributed by atoms with E-state index in [4.69, 9.17) is 16.3 Å². The van der Waals surface area contributed by atoms with Crippen LogP contribution in [0.4, 0.5) is 0 Å². The number of aryl methyl sites for hydroxylation is 1. The molecule has 116 valence electrons. The maximum absolute atomic E-state index is 12.5. The van der Waals surface area contributed by atoms with E-state index in [1.54, 1.807) is 37.3 Å². The first kappa shape index (κ1) is 16.3. The number of benzene rings is 1. The Labute approximate surface area is 134 Å². The van der Waals surface area contributed by atoms with E-state index in [1.165, 1.54) is 0 Å². The molecule has 2 aromatic rings. The summed E-state index contributed by atoms with van der Waals surface area (Å²) >= 11 is 5.83. The molecule has 0 unspecified atom stereocenters. The van der Waals surface area contributed by atoms with Crippen molar-refractivity contribution in [2.75, 3.05) is 6.61 Å². The van der Waals surface area contributed by atoms with Gasteiger partial charge < -0.3 is 9.30 Å². The molecule has 0 spiro atoms. The van der Waals surface area contributed by atoms with Crippen molar-refractivity contribution in [3.8, 4) is 0 Å². The summed E-state index contributed by atoms with van der Waals surface area (Å²) in [7, 11) is 1.82. The lowest BCUT2D eigenvalue weighted by Gasteiger charge is -2.07. The smallest absolute Gasteiger partial charge is 0.306 e. The van der Waals surface area contributed by atoms with Crippen LogP contribution in [0.15, 0.2) is 36.4 Å². The summed E-state index contributed by atoms with van der Waals surface area (Å²) in [5, 5.41) is 0.596. The highest BCUT2D eigenvalue weighted by Crippen LogP contribution is 2.16. The Balaban J connectivity index is 2.11. The number of hydrogen-bond donors (Lipinski definition) is 0. The van der Waals surface area contributed by atoms with E-state index < -0.39 is 0 Å². The van der Waals surface area contributed by atoms with E-state index >= 15 is 0 Å². The van der Waals surface area contributed by atoms with Crippen molar-refractivity contribution in [3.05, 3.63) is 58.4 Å². The number of hydrogen-bond acceptors (Lipinski definition) is 3. The minimum Gasteiger partial charge on any atom is -0.466 e. The van der Waals surface area contributed by atoms with Crippen LogP contribution >= 0.6 is 11.6 Å². The number of halogens is 1. The summed E-state index contributed by atoms with van der Waals surface area (Å²) in [6.07, 6.45) is 0.851. The summed E-state index contributed by atoms with van der Waals surface area (Å²) in [5.41, 5.74) is 2.09. The van der Waals surface area contributed by atoms with Crippen molar-refractivity contribution < 1.29 is 14.3 Å². The van der Waals surface area contributed by atoms with Gasteiger partial charge in [0, 0.05) is 23.3 Å². The monoisotopic (exact) mass is 319 g/mol. The van der Waals surface area contributed by atoms with Crippen molar-refractivity contribution in [2.24, 2.45) is 7.05 Å². The van der Waals surface area contributed by atoms with Crippen LogP contribution in [-0.4, -0.2) is 22.9 Å². The molecular weight excluding hydrogens is 302 g/mol. The number of aromatic nitrogens is 1. The van der Waals surface area contributed by atoms with Crippen LogP contribution in [0.25, 0.3) is 0 Å². The number of ether oxygens (including phenoxy) is 1. The van der Waals surface area contributed by atoms with Gasteiger partial charge in [0.1, 0.15) is 0 Å². The van der Waals surface area contributed by atoms with Crippen LogP contribution in [0, 0.1) is 0 Å². The van der Waals surface area contributed by atoms with Crippen LogP contribution in [-0.2, 0) is 23.0 Å². The third kappa shape index (κ3) is 3.77. The van der Waals surface area contributed by atoms with Gasteiger partial charge in [-0.05, 0) is 49.7 Å². The van der Waals surface area contributed by atoms with Gasteiger partial charge in [0.05, 0.1) is 18.7 Å². The maximum atomic E-state index is 12.5. The highest BCUT2D eigenvalue weighted by atomic mass is 35.5. The minimum absolute atomic E-state index is 0.0680. The lowest BCUT2D eigenvalue weighted by Crippen LogP contribution is -2.11. The first-order valence-corrected chi connectivity index (χ1v) is 7.51. The molecule has 0 aliphatic rings. The van der Waals surface area contributed by atoms with Crippen LogP contribution in [0.1, 0.15) is 35.1 Å². The molecule has 0 aliphatic heterocycles. The quantitative estimate of drug-likeness (QED) is 0.605. The zero-order chi connectivity index (χ0) is 16.1. The number of nitrogens with zero attached hydrogens (tertiary/aromatic N) is 1. The molecule has 2 rings (SSSR count). The third-order valence-electron chi connectivity index (χ3n) is 3.46. The van der Waals surface area contributed by atoms with Crippen molar-refractivity contribution in [1.82, 2.24) is 4.57 Å². The molecule has 1 aromatic heterocycles. The van der Waals surface area contributed by atoms with Crippen molar-refractivity contribution in [2.45, 2.75) is 19.8 Å². The van der Waals surface area contributed by atoms with E-state index in [0.29, 0.717) is 35.7 Å². The van der Waals surface area contributed by atoms with E-state index in [9.17, 15) is 9.59 Å². The molecule has 5 heteroatoms. The Morgan fingerprint density at radius 3 is 2.45 bits per heavy atom. The maximum Gasteiger partial charge on any atom is 0.306 e. The standard InChI is InChI=1S/C17H18ClNO3/c1-3-22-16(20)11-9-14-8-10-15(19(14)2)17(21)12-4-6-13(18)7-5-12/h4-8,10H,3,9,11H2,1-2H3. The summed E-state index contributed by atoms with van der Waals surface area (Å²) in [4.78, 5) is 23.9. The third-order valence-corrected chi connectivity index (χ3v) is 3.71. The normalized spacial score (nSPS) is 10.5. The molecule has 0 saturated carbocycles. The predicted molar refractivity (Wildman–Crippen MR) is 85.3 cm³/mol. The van der Waals surface area contributed by atoms with Crippen molar-refractivity contribution in [3.63, 3.8) is 0 Å². The highest BCUT2D eigenvalue weighted by molar-refractivity contribution is 6.30. The van der Waals surface area contributed by atoms with Gasteiger partial charge in [-0.1, -0.05) is 11.6 Å². The lowest BCUT2D eigenvalue weighted by molar-refractivity contribution is -0.143. The topological polar surface area (TPSA) is 48.3 Å². The molecule has 22 heavy (non-hydrogen) atoms. The number of carbonyl (C=O) groups is 2. The molecule has 0 saturated heterocycles. The number of rotatable bonds is 6. The van der Waals surface area contributed by atoms with Gasteiger partial charge in [0.2, 0.25) is 5.78 Å². The zero-order valence-electron chi connectivity index (χ0n) is 12.6. The molecule has 0 bridgehead atoms. The Hall–Kier alpha value is -2.07. The number of carbonyl (C=O) groups excluding carboxylic acids is 2. The fraction of sp³-hybridized carbons (Fsp3) is 0.294. The van der Waals surface area contributed by atoms with E-state index in [2.05, 4.69) is 0 Å². The SMILES string of the molecule is CCOC(=O)CCc1ccc(C(=O)c2ccc(Cl)cc2)n1C. The Morgan fingerprint density at radius 2 is 1.82 bits per heavy atom. The van der Waals surface area contributed by atoms with E-state index in [1.807, 2.05) is 17.7 Å². The minimum atomic E-state index is -0.228. The zero-order valence-corrected chi connectivity index (χ0v) is 13.4. The predicted octanol–water partition coefficient (Wildman–Crippen LogP) is 3.41. The van der Waals surface area contributed by atoms with Crippen LogP contribution in [0.5, 0.6) is 0 Å². The molecular formula is C17H18ClNO3. The molecule has 0 atom stereocenters. The fourth-order valence-electron chi connectivity index (χ4n) is 2.24. The summed E-state index contributed by atoms with van der Waals surface area (Å²) in [5.74, 6) is -0.296. The first-order chi connectivity index (χ1) is 10.5. The van der Waals surface area contributed by atoms with Gasteiger partial charge in [-0.2, -0.15) is 0 Å². The summed E-state index contributed by atoms with van der Waals surface area (Å²) in [6.45, 7) is 2.16. The average Bonchev–Trinajstić information content (AvgIpc) is 2.86. The van der Waals surface area contributed by atoms with Gasteiger partial charge in [-0.25, -0.2) is 0 Å². The van der Waals surface area contributed by atoms with Gasteiger partial charge in [-0.15, -0.1) is 0 Å². The molecule has 0 aliphatic carbocycles. The Kier molecular flexibility index (Phi) is 5.39. The fourth-order valence-corrected chi connectivity index (χ4v) is 2.37. The second-order valence-electron chi connectivity index (χ2n) is 4.91. The Morgan fingerprint density at radius 1 is 1.14 bits per heavy atom. The summed E-state index contributed by atoms with van der Waals surface area (Å²) in [6, 6.07) is 10.4. The summed E-state index contributed by atoms with van der Waals surface area (Å²) < 4.78 is 6.73. The van der Waals surface area contributed by atoms with Crippen molar-refractivity contribution in [1.29, 1.82) is 0 Å². The van der Waals surface area contributed by atoms with E-state index in [-0.39, 0.29) is 11.8 Å². The molecule has 4 nitrogen and oxygen atoms in total. The molecule has 0 N–H and O–H groups in total. The van der Waals surface area contributed by atoms with Crippen molar-refractivity contribution >= 4 is 23.4 Å². The van der Waals surface area contributed by atoms with E-state index in [0.717, 1.165) is 5.69 Å². The van der Waals surface area contributed by atoms with Gasteiger partial charge in [0.25, 0.3) is 0 Å². The molecule has 1 aromatic carbocycles. The highest BCUT2D eigenvalue weighted by Gasteiger charge is 2.15. The second kappa shape index (κ2) is 7.27. The van der Waals surface area contributed by atoms with Gasteiger partial charge in [0.15, 0.2) is 0 Å². The average molecular weight is 320 g/mol.